The number of carboxylic acids is 1. The van der Waals surface area contributed by atoms with Gasteiger partial charge in [-0.1, -0.05) is 39.3 Å². The molecule has 0 fully saturated rings. The molecule has 0 heterocycles. The van der Waals surface area contributed by atoms with Gasteiger partial charge >= 0.3 is 5.97 Å². The van der Waals surface area contributed by atoms with Gasteiger partial charge in [0, 0.05) is 0 Å². The second kappa shape index (κ2) is 6.85. The van der Waals surface area contributed by atoms with E-state index in [9.17, 15) is 13.2 Å². The molecule has 0 aliphatic rings. The number of sulfonamides is 1. The van der Waals surface area contributed by atoms with Gasteiger partial charge in [-0.25, -0.2) is 8.42 Å². The van der Waals surface area contributed by atoms with Crippen molar-refractivity contribution in [1.29, 1.82) is 0 Å². The lowest BCUT2D eigenvalue weighted by Gasteiger charge is -2.20. The molecule has 0 saturated carbocycles. The van der Waals surface area contributed by atoms with E-state index in [0.717, 1.165) is 12.0 Å². The van der Waals surface area contributed by atoms with Crippen molar-refractivity contribution in [2.45, 2.75) is 44.6 Å². The van der Waals surface area contributed by atoms with E-state index >= 15 is 0 Å². The fourth-order valence-corrected chi connectivity index (χ4v) is 3.18. The van der Waals surface area contributed by atoms with E-state index in [-0.39, 0.29) is 10.8 Å². The number of aliphatic carboxylic acids is 1. The van der Waals surface area contributed by atoms with Crippen LogP contribution in [0.2, 0.25) is 0 Å². The van der Waals surface area contributed by atoms with Crippen LogP contribution in [-0.2, 0) is 21.2 Å². The Labute approximate surface area is 120 Å². The third kappa shape index (κ3) is 4.05. The Morgan fingerprint density at radius 2 is 2.00 bits per heavy atom. The summed E-state index contributed by atoms with van der Waals surface area (Å²) in [4.78, 5) is 11.3. The maximum absolute atomic E-state index is 12.3. The molecule has 20 heavy (non-hydrogen) atoms. The normalized spacial score (nSPS) is 14.8. The van der Waals surface area contributed by atoms with E-state index in [1.165, 1.54) is 6.07 Å². The van der Waals surface area contributed by atoms with Gasteiger partial charge in [-0.3, -0.25) is 4.79 Å². The van der Waals surface area contributed by atoms with Crippen LogP contribution < -0.4 is 4.72 Å². The maximum atomic E-state index is 12.3. The molecule has 0 spiro atoms. The first-order valence-electron chi connectivity index (χ1n) is 6.65. The van der Waals surface area contributed by atoms with Crippen molar-refractivity contribution in [2.75, 3.05) is 0 Å². The molecular formula is C14H21NO4S. The highest BCUT2D eigenvalue weighted by atomic mass is 32.2. The quantitative estimate of drug-likeness (QED) is 0.807. The molecule has 0 unspecified atom stereocenters. The molecule has 1 aromatic carbocycles. The summed E-state index contributed by atoms with van der Waals surface area (Å²) in [7, 11) is -3.82. The smallest absolute Gasteiger partial charge is 0.322 e. The van der Waals surface area contributed by atoms with Gasteiger partial charge in [0.15, 0.2) is 0 Å². The molecule has 0 saturated heterocycles. The van der Waals surface area contributed by atoms with Crippen molar-refractivity contribution in [1.82, 2.24) is 4.72 Å². The highest BCUT2D eigenvalue weighted by molar-refractivity contribution is 7.89. The molecule has 0 amide bonds. The van der Waals surface area contributed by atoms with E-state index in [1.54, 1.807) is 19.1 Å². The summed E-state index contributed by atoms with van der Waals surface area (Å²) >= 11 is 0. The molecule has 5 nitrogen and oxygen atoms in total. The summed E-state index contributed by atoms with van der Waals surface area (Å²) in [6.07, 6.45) is 1.30. The first-order chi connectivity index (χ1) is 9.31. The molecule has 1 rings (SSSR count). The van der Waals surface area contributed by atoms with Crippen LogP contribution in [-0.4, -0.2) is 25.5 Å². The van der Waals surface area contributed by atoms with Crippen LogP contribution >= 0.6 is 0 Å². The fourth-order valence-electron chi connectivity index (χ4n) is 1.81. The summed E-state index contributed by atoms with van der Waals surface area (Å²) in [5.41, 5.74) is 0.892. The van der Waals surface area contributed by atoms with E-state index in [2.05, 4.69) is 4.72 Å². The summed E-state index contributed by atoms with van der Waals surface area (Å²) in [5.74, 6) is -1.44. The number of hydrogen-bond donors (Lipinski definition) is 2. The molecule has 0 aliphatic carbocycles. The van der Waals surface area contributed by atoms with Crippen molar-refractivity contribution in [3.05, 3.63) is 29.8 Å². The third-order valence-electron chi connectivity index (χ3n) is 3.38. The first-order valence-corrected chi connectivity index (χ1v) is 8.14. The van der Waals surface area contributed by atoms with Gasteiger partial charge in [0.25, 0.3) is 0 Å². The van der Waals surface area contributed by atoms with E-state index in [1.807, 2.05) is 19.9 Å². The van der Waals surface area contributed by atoms with Crippen molar-refractivity contribution in [3.63, 3.8) is 0 Å². The Kier molecular flexibility index (Phi) is 5.71. The standard InChI is InChI=1S/C14H21NO4S/c1-4-10(3)13(14(16)17)15-20(18,19)12-8-6-7-11(5-2)9-12/h6-10,13,15H,4-5H2,1-3H3,(H,16,17)/t10-,13-/m0/s1. The van der Waals surface area contributed by atoms with Crippen LogP contribution in [0.15, 0.2) is 29.2 Å². The van der Waals surface area contributed by atoms with Crippen LogP contribution in [0.3, 0.4) is 0 Å². The molecule has 0 bridgehead atoms. The van der Waals surface area contributed by atoms with Crippen LogP contribution in [0.25, 0.3) is 0 Å². The number of nitrogens with one attached hydrogen (secondary N) is 1. The third-order valence-corrected chi connectivity index (χ3v) is 4.82. The number of hydrogen-bond acceptors (Lipinski definition) is 3. The van der Waals surface area contributed by atoms with Gasteiger partial charge in [-0.15, -0.1) is 0 Å². The fraction of sp³-hybridized carbons (Fsp3) is 0.500. The van der Waals surface area contributed by atoms with Crippen LogP contribution in [0.5, 0.6) is 0 Å². The minimum Gasteiger partial charge on any atom is -0.480 e. The average molecular weight is 299 g/mol. The van der Waals surface area contributed by atoms with E-state index < -0.39 is 22.0 Å². The van der Waals surface area contributed by atoms with Crippen molar-refractivity contribution >= 4 is 16.0 Å². The Balaban J connectivity index is 3.06. The van der Waals surface area contributed by atoms with Crippen molar-refractivity contribution in [2.24, 2.45) is 5.92 Å². The second-order valence-electron chi connectivity index (χ2n) is 4.82. The Morgan fingerprint density at radius 3 is 2.50 bits per heavy atom. The molecule has 112 valence electrons. The lowest BCUT2D eigenvalue weighted by Crippen LogP contribution is -2.44. The number of carbonyl (C=O) groups is 1. The molecule has 2 N–H and O–H groups in total. The second-order valence-corrected chi connectivity index (χ2v) is 6.54. The van der Waals surface area contributed by atoms with Crippen LogP contribution in [0.1, 0.15) is 32.8 Å². The largest absolute Gasteiger partial charge is 0.480 e. The lowest BCUT2D eigenvalue weighted by atomic mass is 10.0. The number of carboxylic acid groups (broad SMARTS) is 1. The molecule has 0 radical (unpaired) electrons. The molecule has 0 aromatic heterocycles. The zero-order chi connectivity index (χ0) is 15.3. The van der Waals surface area contributed by atoms with Crippen molar-refractivity contribution in [3.8, 4) is 0 Å². The van der Waals surface area contributed by atoms with Gasteiger partial charge < -0.3 is 5.11 Å². The van der Waals surface area contributed by atoms with E-state index in [4.69, 9.17) is 5.11 Å². The average Bonchev–Trinajstić information content (AvgIpc) is 2.43. The predicted molar refractivity (Wildman–Crippen MR) is 77.0 cm³/mol. The van der Waals surface area contributed by atoms with Gasteiger partial charge in [0.05, 0.1) is 4.90 Å². The maximum Gasteiger partial charge on any atom is 0.322 e. The predicted octanol–water partition coefficient (Wildman–Crippen LogP) is 2.03. The number of rotatable bonds is 7. The lowest BCUT2D eigenvalue weighted by molar-refractivity contribution is -0.140. The van der Waals surface area contributed by atoms with Gasteiger partial charge in [0.2, 0.25) is 10.0 Å². The van der Waals surface area contributed by atoms with Crippen molar-refractivity contribution < 1.29 is 18.3 Å². The zero-order valence-electron chi connectivity index (χ0n) is 12.0. The summed E-state index contributed by atoms with van der Waals surface area (Å²) in [6.45, 7) is 5.47. The van der Waals surface area contributed by atoms with Crippen LogP contribution in [0, 0.1) is 5.92 Å². The monoisotopic (exact) mass is 299 g/mol. The molecule has 6 heteroatoms. The van der Waals surface area contributed by atoms with Gasteiger partial charge in [-0.05, 0) is 30.0 Å². The van der Waals surface area contributed by atoms with E-state index in [0.29, 0.717) is 6.42 Å². The van der Waals surface area contributed by atoms with Crippen LogP contribution in [0.4, 0.5) is 0 Å². The number of benzene rings is 1. The Morgan fingerprint density at radius 1 is 1.35 bits per heavy atom. The minimum absolute atomic E-state index is 0.103. The molecule has 2 atom stereocenters. The van der Waals surface area contributed by atoms with Gasteiger partial charge in [0.1, 0.15) is 6.04 Å². The highest BCUT2D eigenvalue weighted by Gasteiger charge is 2.29. The summed E-state index contributed by atoms with van der Waals surface area (Å²) in [5, 5.41) is 9.16. The van der Waals surface area contributed by atoms with Gasteiger partial charge in [-0.2, -0.15) is 4.72 Å². The number of aryl methyl sites for hydroxylation is 1. The Hall–Kier alpha value is -1.40. The first kappa shape index (κ1) is 16.7. The summed E-state index contributed by atoms with van der Waals surface area (Å²) < 4.78 is 26.8. The molecule has 0 aliphatic heterocycles. The summed E-state index contributed by atoms with van der Waals surface area (Å²) in [6, 6.07) is 5.42. The molecule has 1 aromatic rings. The highest BCUT2D eigenvalue weighted by Crippen LogP contribution is 2.15. The SMILES string of the molecule is CCc1cccc(S(=O)(=O)N[C@H](C(=O)O)[C@@H](C)CC)c1. The minimum atomic E-state index is -3.82. The topological polar surface area (TPSA) is 83.5 Å². The zero-order valence-corrected chi connectivity index (χ0v) is 12.8. The Bertz CT molecular complexity index is 568. The molecular weight excluding hydrogens is 278 g/mol.